The SMILES string of the molecule is O=C(N[C@@H]1CCCC[C@@H]1C(=O)N[C@H]1CC[C@@H](Nc2cc(C(F)(F)F)nc3ccc(Cl)cc23)CC1)c1ccccc1. The number of nitrogens with one attached hydrogen (secondary N) is 3. The molecule has 0 bridgehead atoms. The molecule has 1 heterocycles. The van der Waals surface area contributed by atoms with E-state index in [0.29, 0.717) is 47.3 Å². The van der Waals surface area contributed by atoms with Crippen LogP contribution in [0.5, 0.6) is 0 Å². The lowest BCUT2D eigenvalue weighted by molar-refractivity contribution is -0.140. The number of alkyl halides is 3. The zero-order valence-electron chi connectivity index (χ0n) is 21.9. The summed E-state index contributed by atoms with van der Waals surface area (Å²) in [5, 5.41) is 10.5. The molecule has 6 nitrogen and oxygen atoms in total. The Morgan fingerprint density at radius 1 is 0.850 bits per heavy atom. The molecule has 2 aromatic carbocycles. The van der Waals surface area contributed by atoms with Gasteiger partial charge >= 0.3 is 6.18 Å². The summed E-state index contributed by atoms with van der Waals surface area (Å²) in [5.74, 6) is -0.500. The Bertz CT molecular complexity index is 1360. The van der Waals surface area contributed by atoms with Gasteiger partial charge in [0.15, 0.2) is 0 Å². The summed E-state index contributed by atoms with van der Waals surface area (Å²) < 4.78 is 40.5. The van der Waals surface area contributed by atoms with Gasteiger partial charge in [-0.2, -0.15) is 13.2 Å². The van der Waals surface area contributed by atoms with Crippen molar-refractivity contribution in [2.75, 3.05) is 5.32 Å². The molecular weight excluding hydrogens is 541 g/mol. The predicted molar refractivity (Wildman–Crippen MR) is 149 cm³/mol. The molecule has 1 aromatic heterocycles. The summed E-state index contributed by atoms with van der Waals surface area (Å²) in [6, 6.07) is 14.4. The van der Waals surface area contributed by atoms with Crippen molar-refractivity contribution in [3.63, 3.8) is 0 Å². The summed E-state index contributed by atoms with van der Waals surface area (Å²) in [4.78, 5) is 29.8. The van der Waals surface area contributed by atoms with Gasteiger partial charge in [-0.05, 0) is 74.9 Å². The van der Waals surface area contributed by atoms with Crippen molar-refractivity contribution in [3.05, 3.63) is 70.9 Å². The summed E-state index contributed by atoms with van der Waals surface area (Å²) in [6.07, 6.45) is 1.61. The number of anilines is 1. The van der Waals surface area contributed by atoms with Crippen molar-refractivity contribution in [2.24, 2.45) is 5.92 Å². The van der Waals surface area contributed by atoms with Gasteiger partial charge in [0, 0.05) is 39.8 Å². The summed E-state index contributed by atoms with van der Waals surface area (Å²) in [7, 11) is 0. The second-order valence-electron chi connectivity index (χ2n) is 10.8. The van der Waals surface area contributed by atoms with Crippen molar-refractivity contribution in [1.29, 1.82) is 0 Å². The molecule has 10 heteroatoms. The molecule has 5 rings (SSSR count). The van der Waals surface area contributed by atoms with E-state index < -0.39 is 11.9 Å². The number of hydrogen-bond donors (Lipinski definition) is 3. The Balaban J connectivity index is 1.19. The minimum atomic E-state index is -4.57. The van der Waals surface area contributed by atoms with Crippen LogP contribution in [0.1, 0.15) is 67.4 Å². The van der Waals surface area contributed by atoms with Gasteiger partial charge in [-0.15, -0.1) is 0 Å². The van der Waals surface area contributed by atoms with E-state index >= 15 is 0 Å². The van der Waals surface area contributed by atoms with Gasteiger partial charge < -0.3 is 16.0 Å². The molecule has 2 atom stereocenters. The lowest BCUT2D eigenvalue weighted by atomic mass is 9.83. The van der Waals surface area contributed by atoms with Crippen LogP contribution in [-0.2, 0) is 11.0 Å². The molecule has 2 fully saturated rings. The molecule has 2 aliphatic rings. The molecule has 0 unspecified atom stereocenters. The molecule has 212 valence electrons. The first-order valence-electron chi connectivity index (χ1n) is 13.8. The standard InChI is InChI=1S/C30H32ClF3N4O2/c31-19-10-15-25-23(16-19)26(17-27(37-25)30(32,33)34)35-20-11-13-21(14-12-20)36-29(40)22-8-4-5-9-24(22)38-28(39)18-6-2-1-3-7-18/h1-3,6-7,10,15-17,20-22,24H,4-5,8-9,11-14H2,(H,35,37)(H,36,40)(H,38,39)/t20-,21+,22-,24+/m0/s1. The molecule has 40 heavy (non-hydrogen) atoms. The molecule has 2 aliphatic carbocycles. The molecule has 0 aliphatic heterocycles. The van der Waals surface area contributed by atoms with E-state index in [-0.39, 0.29) is 41.4 Å². The van der Waals surface area contributed by atoms with Crippen LogP contribution in [0.3, 0.4) is 0 Å². The van der Waals surface area contributed by atoms with E-state index in [4.69, 9.17) is 11.6 Å². The maximum Gasteiger partial charge on any atom is 0.433 e. The minimum Gasteiger partial charge on any atom is -0.382 e. The van der Waals surface area contributed by atoms with E-state index in [1.807, 2.05) is 18.2 Å². The maximum atomic E-state index is 13.5. The van der Waals surface area contributed by atoms with E-state index in [1.165, 1.54) is 12.1 Å². The van der Waals surface area contributed by atoms with Crippen molar-refractivity contribution < 1.29 is 22.8 Å². The molecular formula is C30H32ClF3N4O2. The molecule has 3 aromatic rings. The zero-order valence-corrected chi connectivity index (χ0v) is 22.7. The van der Waals surface area contributed by atoms with Crippen LogP contribution in [0.4, 0.5) is 18.9 Å². The van der Waals surface area contributed by atoms with Crippen molar-refractivity contribution in [2.45, 2.75) is 75.7 Å². The fourth-order valence-electron chi connectivity index (χ4n) is 5.83. The number of fused-ring (bicyclic) bond motifs is 1. The average Bonchev–Trinajstić information content (AvgIpc) is 2.94. The van der Waals surface area contributed by atoms with Gasteiger partial charge in [-0.1, -0.05) is 42.6 Å². The summed E-state index contributed by atoms with van der Waals surface area (Å²) in [5.41, 5.74) is 0.201. The van der Waals surface area contributed by atoms with Crippen LogP contribution in [0, 0.1) is 5.92 Å². The van der Waals surface area contributed by atoms with Crippen LogP contribution < -0.4 is 16.0 Å². The fraction of sp³-hybridized carbons (Fsp3) is 0.433. The van der Waals surface area contributed by atoms with E-state index in [1.54, 1.807) is 18.2 Å². The molecule has 2 amide bonds. The van der Waals surface area contributed by atoms with Gasteiger partial charge in [-0.3, -0.25) is 9.59 Å². The van der Waals surface area contributed by atoms with Gasteiger partial charge in [0.25, 0.3) is 5.91 Å². The number of carbonyl (C=O) groups excluding carboxylic acids is 2. The topological polar surface area (TPSA) is 83.1 Å². The smallest absolute Gasteiger partial charge is 0.382 e. The third kappa shape index (κ3) is 6.69. The van der Waals surface area contributed by atoms with Gasteiger partial charge in [-0.25, -0.2) is 4.98 Å². The van der Waals surface area contributed by atoms with Crippen molar-refractivity contribution >= 4 is 40.0 Å². The summed E-state index contributed by atoms with van der Waals surface area (Å²) >= 11 is 6.12. The van der Waals surface area contributed by atoms with E-state index in [0.717, 1.165) is 31.7 Å². The van der Waals surface area contributed by atoms with E-state index in [9.17, 15) is 22.8 Å². The molecule has 2 saturated carbocycles. The highest BCUT2D eigenvalue weighted by Gasteiger charge is 2.35. The molecule has 3 N–H and O–H groups in total. The number of hydrogen-bond acceptors (Lipinski definition) is 4. The first kappa shape index (κ1) is 28.2. The number of benzene rings is 2. The quantitative estimate of drug-likeness (QED) is 0.306. The lowest BCUT2D eigenvalue weighted by Crippen LogP contribution is -2.51. The number of rotatable bonds is 6. The maximum absolute atomic E-state index is 13.5. The predicted octanol–water partition coefficient (Wildman–Crippen LogP) is 6.74. The second-order valence-corrected chi connectivity index (χ2v) is 11.2. The lowest BCUT2D eigenvalue weighted by Gasteiger charge is -2.35. The number of pyridine rings is 1. The Hall–Kier alpha value is -3.33. The normalized spacial score (nSPS) is 23.4. The fourth-order valence-corrected chi connectivity index (χ4v) is 6.00. The van der Waals surface area contributed by atoms with Crippen LogP contribution >= 0.6 is 11.6 Å². The first-order chi connectivity index (χ1) is 19.2. The van der Waals surface area contributed by atoms with Crippen LogP contribution in [0.15, 0.2) is 54.6 Å². The van der Waals surface area contributed by atoms with Crippen LogP contribution in [0.2, 0.25) is 5.02 Å². The van der Waals surface area contributed by atoms with E-state index in [2.05, 4.69) is 20.9 Å². The molecule has 0 radical (unpaired) electrons. The number of nitrogens with zero attached hydrogens (tertiary/aromatic N) is 1. The summed E-state index contributed by atoms with van der Waals surface area (Å²) in [6.45, 7) is 0. The Morgan fingerprint density at radius 2 is 1.55 bits per heavy atom. The van der Waals surface area contributed by atoms with Gasteiger partial charge in [0.1, 0.15) is 5.69 Å². The number of amides is 2. The number of carbonyl (C=O) groups is 2. The molecule has 0 spiro atoms. The van der Waals surface area contributed by atoms with Crippen molar-refractivity contribution in [1.82, 2.24) is 15.6 Å². The highest BCUT2D eigenvalue weighted by molar-refractivity contribution is 6.31. The van der Waals surface area contributed by atoms with Gasteiger partial charge in [0.05, 0.1) is 11.4 Å². The monoisotopic (exact) mass is 572 g/mol. The Labute approximate surface area is 236 Å². The number of halogens is 4. The first-order valence-corrected chi connectivity index (χ1v) is 14.2. The minimum absolute atomic E-state index is 0.0210. The Kier molecular flexibility index (Phi) is 8.49. The Morgan fingerprint density at radius 3 is 2.27 bits per heavy atom. The second kappa shape index (κ2) is 12.0. The average molecular weight is 573 g/mol. The zero-order chi connectivity index (χ0) is 28.3. The highest BCUT2D eigenvalue weighted by atomic mass is 35.5. The largest absolute Gasteiger partial charge is 0.433 e. The molecule has 0 saturated heterocycles. The van der Waals surface area contributed by atoms with Crippen molar-refractivity contribution in [3.8, 4) is 0 Å². The third-order valence-corrected chi connectivity index (χ3v) is 8.18. The third-order valence-electron chi connectivity index (χ3n) is 7.95. The highest BCUT2D eigenvalue weighted by Crippen LogP contribution is 2.35. The van der Waals surface area contributed by atoms with Crippen LogP contribution in [0.25, 0.3) is 10.9 Å². The van der Waals surface area contributed by atoms with Gasteiger partial charge in [0.2, 0.25) is 5.91 Å². The number of aromatic nitrogens is 1. The van der Waals surface area contributed by atoms with Crippen LogP contribution in [-0.4, -0.2) is 34.9 Å².